The second-order valence-corrected chi connectivity index (χ2v) is 5.28. The summed E-state index contributed by atoms with van der Waals surface area (Å²) in [7, 11) is -4.79. The molecule has 22 heavy (non-hydrogen) atoms. The van der Waals surface area contributed by atoms with Gasteiger partial charge in [-0.2, -0.15) is 8.42 Å². The van der Waals surface area contributed by atoms with Gasteiger partial charge in [-0.05, 0) is 6.07 Å². The van der Waals surface area contributed by atoms with Crippen LogP contribution in [0.5, 0.6) is 0 Å². The summed E-state index contributed by atoms with van der Waals surface area (Å²) in [6, 6.07) is 3.18. The van der Waals surface area contributed by atoms with E-state index in [-0.39, 0.29) is 5.39 Å². The second kappa shape index (κ2) is 5.31. The molecule has 0 aromatic heterocycles. The van der Waals surface area contributed by atoms with Crippen LogP contribution >= 0.6 is 0 Å². The molecule has 0 saturated carbocycles. The van der Waals surface area contributed by atoms with Crippen LogP contribution in [0.2, 0.25) is 0 Å². The van der Waals surface area contributed by atoms with Crippen LogP contribution in [0.25, 0.3) is 21.4 Å². The summed E-state index contributed by atoms with van der Waals surface area (Å²) in [4.78, 5) is 23.1. The molecule has 0 amide bonds. The number of hydrogen-bond acceptors (Lipinski definition) is 7. The summed E-state index contributed by atoms with van der Waals surface area (Å²) >= 11 is 0. The first-order valence-electron chi connectivity index (χ1n) is 5.37. The fourth-order valence-corrected chi connectivity index (χ4v) is 2.63. The SMILES string of the molecule is N#[N+]N=c1c(=NN=[N-])c(=O)c(=O)c2cccc(S(=O)(=O)O)c12. The average Bonchev–Trinajstić information content (AvgIpc) is 2.46. The molecule has 0 aliphatic rings. The Bertz CT molecular complexity index is 1170. The van der Waals surface area contributed by atoms with Crippen molar-refractivity contribution in [3.63, 3.8) is 0 Å². The van der Waals surface area contributed by atoms with Gasteiger partial charge >= 0.3 is 5.08 Å². The van der Waals surface area contributed by atoms with Gasteiger partial charge in [-0.3, -0.25) is 19.4 Å². The maximum Gasteiger partial charge on any atom is 0.339 e. The van der Waals surface area contributed by atoms with Gasteiger partial charge in [0.15, 0.2) is 10.5 Å². The lowest BCUT2D eigenvalue weighted by Gasteiger charge is -2.02. The largest absolute Gasteiger partial charge is 0.362 e. The highest BCUT2D eigenvalue weighted by atomic mass is 32.2. The zero-order valence-electron chi connectivity index (χ0n) is 10.4. The molecule has 0 aliphatic heterocycles. The molecule has 1 N–H and O–H groups in total. The molecular formula is C10H4N6O5S. The molecule has 0 saturated heterocycles. The molecule has 2 aromatic rings. The minimum absolute atomic E-state index is 0.389. The van der Waals surface area contributed by atoms with Crippen LogP contribution in [-0.2, 0) is 10.1 Å². The van der Waals surface area contributed by atoms with Crippen molar-refractivity contribution < 1.29 is 13.0 Å². The van der Waals surface area contributed by atoms with E-state index < -0.39 is 42.0 Å². The molecule has 0 radical (unpaired) electrons. The number of diazo groups is 1. The van der Waals surface area contributed by atoms with E-state index in [1.54, 1.807) is 0 Å². The van der Waals surface area contributed by atoms with Crippen LogP contribution in [-0.4, -0.2) is 13.0 Å². The number of hydrogen-bond donors (Lipinski definition) is 1. The van der Waals surface area contributed by atoms with Crippen molar-refractivity contribution in [2.75, 3.05) is 0 Å². The van der Waals surface area contributed by atoms with E-state index in [0.717, 1.165) is 18.2 Å². The molecule has 0 fully saturated rings. The van der Waals surface area contributed by atoms with E-state index in [0.29, 0.717) is 0 Å². The van der Waals surface area contributed by atoms with Gasteiger partial charge in [0.05, 0.1) is 5.36 Å². The van der Waals surface area contributed by atoms with Crippen molar-refractivity contribution in [1.29, 1.82) is 5.39 Å². The first kappa shape index (κ1) is 15.2. The Morgan fingerprint density at radius 2 is 1.86 bits per heavy atom. The van der Waals surface area contributed by atoms with Gasteiger partial charge in [0.2, 0.25) is 10.9 Å². The van der Waals surface area contributed by atoms with Gasteiger partial charge in [-0.1, -0.05) is 12.1 Å². The lowest BCUT2D eigenvalue weighted by molar-refractivity contribution is 0.484. The third kappa shape index (κ3) is 2.30. The topological polar surface area (TPSA) is 176 Å². The maximum atomic E-state index is 12.0. The van der Waals surface area contributed by atoms with E-state index in [9.17, 15) is 22.6 Å². The van der Waals surface area contributed by atoms with Gasteiger partial charge in [0, 0.05) is 10.8 Å². The van der Waals surface area contributed by atoms with Gasteiger partial charge in [0.25, 0.3) is 15.5 Å². The quantitative estimate of drug-likeness (QED) is 0.248. The van der Waals surface area contributed by atoms with Crippen molar-refractivity contribution in [3.05, 3.63) is 60.0 Å². The zero-order chi connectivity index (χ0) is 16.5. The standard InChI is InChI=1S/C10H4N6O5S/c11-15-13-7-6-4(2-1-3-5(6)22(19,20)21)9(17)10(18)8(7)14-16-12/h1-3H,(H,19,20,21). The minimum Gasteiger partial charge on any atom is -0.362 e. The molecule has 12 heteroatoms. The summed E-state index contributed by atoms with van der Waals surface area (Å²) < 4.78 is 32.0. The highest BCUT2D eigenvalue weighted by molar-refractivity contribution is 7.86. The summed E-state index contributed by atoms with van der Waals surface area (Å²) in [5.74, 6) is 0. The molecule has 0 unspecified atom stereocenters. The molecular weight excluding hydrogens is 316 g/mol. The average molecular weight is 320 g/mol. The molecule has 0 aliphatic carbocycles. The minimum atomic E-state index is -4.79. The normalized spacial score (nSPS) is 13.3. The Morgan fingerprint density at radius 1 is 1.18 bits per heavy atom. The van der Waals surface area contributed by atoms with Crippen LogP contribution in [0.15, 0.2) is 48.1 Å². The van der Waals surface area contributed by atoms with E-state index in [4.69, 9.17) is 10.9 Å². The molecule has 11 nitrogen and oxygen atoms in total. The summed E-state index contributed by atoms with van der Waals surface area (Å²) in [5.41, 5.74) is 6.04. The molecule has 110 valence electrons. The summed E-state index contributed by atoms with van der Waals surface area (Å²) in [6.07, 6.45) is 0. The molecule has 0 spiro atoms. The van der Waals surface area contributed by atoms with Gasteiger partial charge in [-0.25, -0.2) is 0 Å². The van der Waals surface area contributed by atoms with Crippen LogP contribution in [0.1, 0.15) is 0 Å². The summed E-state index contributed by atoms with van der Waals surface area (Å²) in [5, 5.41) is 17.1. The van der Waals surface area contributed by atoms with Crippen molar-refractivity contribution in [3.8, 4) is 0 Å². The van der Waals surface area contributed by atoms with Crippen molar-refractivity contribution in [2.45, 2.75) is 4.90 Å². The molecule has 2 rings (SSSR count). The predicted molar refractivity (Wildman–Crippen MR) is 70.7 cm³/mol. The Labute approximate surface area is 120 Å². The van der Waals surface area contributed by atoms with Gasteiger partial charge < -0.3 is 10.6 Å². The van der Waals surface area contributed by atoms with Gasteiger partial charge in [0.1, 0.15) is 4.90 Å². The highest BCUT2D eigenvalue weighted by Gasteiger charge is 2.20. The van der Waals surface area contributed by atoms with E-state index in [1.807, 2.05) is 0 Å². The molecule has 0 atom stereocenters. The monoisotopic (exact) mass is 320 g/mol. The first-order chi connectivity index (χ1) is 10.3. The molecule has 0 heterocycles. The van der Waals surface area contributed by atoms with Gasteiger partial charge in [-0.15, -0.1) is 0 Å². The number of nitrogens with zero attached hydrogens (tertiary/aromatic N) is 6. The Morgan fingerprint density at radius 3 is 2.41 bits per heavy atom. The smallest absolute Gasteiger partial charge is 0.339 e. The summed E-state index contributed by atoms with van der Waals surface area (Å²) in [6.45, 7) is 0. The predicted octanol–water partition coefficient (Wildman–Crippen LogP) is -0.811. The first-order valence-corrected chi connectivity index (χ1v) is 6.81. The van der Waals surface area contributed by atoms with Crippen molar-refractivity contribution >= 4 is 20.9 Å². The number of rotatable bonds is 2. The second-order valence-electron chi connectivity index (χ2n) is 3.89. The van der Waals surface area contributed by atoms with Crippen molar-refractivity contribution in [2.24, 2.45) is 15.4 Å². The Balaban J connectivity index is 3.46. The Hall–Kier alpha value is -3.17. The van der Waals surface area contributed by atoms with E-state index in [1.165, 1.54) is 0 Å². The number of benzene rings is 2. The third-order valence-electron chi connectivity index (χ3n) is 2.72. The molecule has 0 bridgehead atoms. The van der Waals surface area contributed by atoms with Crippen molar-refractivity contribution in [1.82, 2.24) is 0 Å². The van der Waals surface area contributed by atoms with Crippen LogP contribution in [0.4, 0.5) is 0 Å². The fourth-order valence-electron chi connectivity index (χ4n) is 1.91. The lowest BCUT2D eigenvalue weighted by atomic mass is 10.1. The molecule has 2 aromatic carbocycles. The maximum absolute atomic E-state index is 12.0. The van der Waals surface area contributed by atoms with E-state index in [2.05, 4.69) is 20.5 Å². The Kier molecular flexibility index (Phi) is 3.68. The number of fused-ring (bicyclic) bond motifs is 1. The highest BCUT2D eigenvalue weighted by Crippen LogP contribution is 2.16. The fraction of sp³-hybridized carbons (Fsp3) is 0. The van der Waals surface area contributed by atoms with Crippen LogP contribution < -0.4 is 21.6 Å². The van der Waals surface area contributed by atoms with Crippen LogP contribution in [0, 0.1) is 5.39 Å². The van der Waals surface area contributed by atoms with E-state index >= 15 is 0 Å². The third-order valence-corrected chi connectivity index (χ3v) is 3.62. The van der Waals surface area contributed by atoms with Crippen LogP contribution in [0.3, 0.4) is 0 Å². The zero-order valence-corrected chi connectivity index (χ0v) is 11.2. The lowest BCUT2D eigenvalue weighted by Crippen LogP contribution is -2.48.